The Labute approximate surface area is 227 Å². The van der Waals surface area contributed by atoms with Crippen LogP contribution in [0.2, 0.25) is 0 Å². The number of ether oxygens (including phenoxy) is 6. The van der Waals surface area contributed by atoms with Crippen LogP contribution in [0.15, 0.2) is 63.3 Å². The Morgan fingerprint density at radius 1 is 0.513 bits per heavy atom. The molecule has 1 unspecified atom stereocenters. The maximum Gasteiger partial charge on any atom is 0.330 e. The van der Waals surface area contributed by atoms with E-state index in [4.69, 9.17) is 28.4 Å². The third kappa shape index (κ3) is 14.5. The Morgan fingerprint density at radius 3 is 1.18 bits per heavy atom. The number of hydrogen-bond donors (Lipinski definition) is 1. The number of carbonyl (C=O) groups excluding carboxylic acids is 5. The molecule has 12 nitrogen and oxygen atoms in total. The van der Waals surface area contributed by atoms with Crippen molar-refractivity contribution in [3.63, 3.8) is 0 Å². The highest BCUT2D eigenvalue weighted by molar-refractivity contribution is 5.82. The number of esters is 5. The first-order chi connectivity index (χ1) is 18.5. The van der Waals surface area contributed by atoms with Gasteiger partial charge in [0, 0.05) is 30.4 Å². The summed E-state index contributed by atoms with van der Waals surface area (Å²) in [5.74, 6) is -3.66. The lowest BCUT2D eigenvalue weighted by atomic mass is 9.85. The van der Waals surface area contributed by atoms with Gasteiger partial charge in [-0.2, -0.15) is 0 Å². The molecule has 0 aliphatic rings. The molecule has 0 spiro atoms. The minimum atomic E-state index is -1.23. The number of hydrogen-bond acceptors (Lipinski definition) is 12. The molecule has 0 heterocycles. The van der Waals surface area contributed by atoms with E-state index in [1.807, 2.05) is 0 Å². The van der Waals surface area contributed by atoms with Crippen LogP contribution in [-0.4, -0.2) is 87.8 Å². The summed E-state index contributed by atoms with van der Waals surface area (Å²) in [6, 6.07) is 0. The van der Waals surface area contributed by atoms with Crippen molar-refractivity contribution < 1.29 is 57.5 Å². The van der Waals surface area contributed by atoms with Gasteiger partial charge in [-0.3, -0.25) is 0 Å². The van der Waals surface area contributed by atoms with Crippen LogP contribution in [-0.2, 0) is 52.4 Å². The van der Waals surface area contributed by atoms with Crippen LogP contribution < -0.4 is 0 Å². The van der Waals surface area contributed by atoms with Gasteiger partial charge >= 0.3 is 29.8 Å². The summed E-state index contributed by atoms with van der Waals surface area (Å²) in [7, 11) is 0. The number of carbonyl (C=O) groups is 5. The predicted molar refractivity (Wildman–Crippen MR) is 138 cm³/mol. The van der Waals surface area contributed by atoms with Crippen molar-refractivity contribution in [2.45, 2.75) is 12.8 Å². The van der Waals surface area contributed by atoms with Crippen molar-refractivity contribution in [3.8, 4) is 0 Å². The predicted octanol–water partition coefficient (Wildman–Crippen LogP) is 1.39. The molecular formula is C27H36O12. The molecule has 0 fully saturated rings. The van der Waals surface area contributed by atoms with E-state index < -0.39 is 47.3 Å². The van der Waals surface area contributed by atoms with Crippen LogP contribution >= 0.6 is 0 Å². The van der Waals surface area contributed by atoms with Gasteiger partial charge in [-0.1, -0.05) is 32.9 Å². The second kappa shape index (κ2) is 19.1. The minimum Gasteiger partial charge on any atom is -0.463 e. The molecule has 0 amide bonds. The van der Waals surface area contributed by atoms with Crippen LogP contribution in [0.1, 0.15) is 12.8 Å². The Kier molecular flexibility index (Phi) is 17.1. The van der Waals surface area contributed by atoms with Crippen LogP contribution in [0.3, 0.4) is 0 Å². The maximum atomic E-state index is 11.8. The largest absolute Gasteiger partial charge is 0.463 e. The molecule has 0 radical (unpaired) electrons. The molecule has 0 saturated heterocycles. The summed E-state index contributed by atoms with van der Waals surface area (Å²) in [6.45, 7) is 14.3. The zero-order valence-corrected chi connectivity index (χ0v) is 21.9. The van der Waals surface area contributed by atoms with Gasteiger partial charge < -0.3 is 33.5 Å². The van der Waals surface area contributed by atoms with E-state index >= 15 is 0 Å². The average molecular weight is 553 g/mol. The fraction of sp³-hybridized carbons (Fsp3) is 0.444. The topological polar surface area (TPSA) is 161 Å². The second-order valence-electron chi connectivity index (χ2n) is 8.33. The maximum absolute atomic E-state index is 11.8. The molecule has 0 aromatic heterocycles. The van der Waals surface area contributed by atoms with Gasteiger partial charge in [0.15, 0.2) is 0 Å². The Morgan fingerprint density at radius 2 is 0.821 bits per heavy atom. The molecule has 0 rings (SSSR count). The van der Waals surface area contributed by atoms with Crippen molar-refractivity contribution in [2.24, 2.45) is 10.8 Å². The van der Waals surface area contributed by atoms with E-state index in [1.54, 1.807) is 0 Å². The van der Waals surface area contributed by atoms with Crippen molar-refractivity contribution in [1.82, 2.24) is 0 Å². The van der Waals surface area contributed by atoms with Gasteiger partial charge in [-0.25, -0.2) is 24.0 Å². The smallest absolute Gasteiger partial charge is 0.330 e. The fourth-order valence-corrected chi connectivity index (χ4v) is 2.89. The number of aliphatic hydroxyl groups excluding tert-OH is 1. The minimum absolute atomic E-state index is 0.00987. The number of aliphatic hydroxyl groups is 1. The molecular weight excluding hydrogens is 516 g/mol. The van der Waals surface area contributed by atoms with Crippen molar-refractivity contribution in [2.75, 3.05) is 52.9 Å². The molecule has 0 aromatic carbocycles. The lowest BCUT2D eigenvalue weighted by Crippen LogP contribution is -2.43. The molecule has 0 aliphatic carbocycles. The molecule has 0 aliphatic heterocycles. The normalized spacial score (nSPS) is 12.0. The van der Waals surface area contributed by atoms with E-state index in [1.165, 1.54) is 0 Å². The summed E-state index contributed by atoms with van der Waals surface area (Å²) in [5, 5.41) is 10.2. The van der Waals surface area contributed by atoms with Crippen LogP contribution in [0, 0.1) is 10.8 Å². The second-order valence-corrected chi connectivity index (χ2v) is 8.33. The van der Waals surface area contributed by atoms with Gasteiger partial charge in [0.1, 0.15) is 19.8 Å². The van der Waals surface area contributed by atoms with Crippen molar-refractivity contribution >= 4 is 29.8 Å². The highest BCUT2D eigenvalue weighted by atomic mass is 16.6. The quantitative estimate of drug-likeness (QED) is 0.117. The van der Waals surface area contributed by atoms with Gasteiger partial charge in [-0.15, -0.1) is 0 Å². The third-order valence-corrected chi connectivity index (χ3v) is 5.30. The highest BCUT2D eigenvalue weighted by Crippen LogP contribution is 2.29. The zero-order chi connectivity index (χ0) is 29.7. The average Bonchev–Trinajstić information content (AvgIpc) is 2.96. The lowest BCUT2D eigenvalue weighted by Gasteiger charge is -2.35. The summed E-state index contributed by atoms with van der Waals surface area (Å²) in [6.07, 6.45) is 4.79. The monoisotopic (exact) mass is 552 g/mol. The summed E-state index contributed by atoms with van der Waals surface area (Å²) in [4.78, 5) is 58.2. The van der Waals surface area contributed by atoms with Crippen LogP contribution in [0.4, 0.5) is 0 Å². The first-order valence-electron chi connectivity index (χ1n) is 11.7. The van der Waals surface area contributed by atoms with Crippen molar-refractivity contribution in [3.05, 3.63) is 63.3 Å². The first kappa shape index (κ1) is 35.0. The molecule has 0 aromatic rings. The van der Waals surface area contributed by atoms with E-state index in [9.17, 15) is 29.1 Å². The SMILES string of the molecule is C=CC(=O)OCCC(CO)(COCC(CCOC(=O)C=C)(COC(=O)C=C)COC(=O)C=C)COC(=O)C=C. The molecule has 0 bridgehead atoms. The van der Waals surface area contributed by atoms with Gasteiger partial charge in [-0.05, 0) is 12.8 Å². The summed E-state index contributed by atoms with van der Waals surface area (Å²) >= 11 is 0. The van der Waals surface area contributed by atoms with Crippen LogP contribution in [0.25, 0.3) is 0 Å². The Bertz CT molecular complexity index is 882. The zero-order valence-electron chi connectivity index (χ0n) is 21.9. The number of rotatable bonds is 22. The van der Waals surface area contributed by atoms with E-state index in [0.29, 0.717) is 0 Å². The van der Waals surface area contributed by atoms with E-state index in [0.717, 1.165) is 30.4 Å². The fourth-order valence-electron chi connectivity index (χ4n) is 2.89. The van der Waals surface area contributed by atoms with Crippen molar-refractivity contribution in [1.29, 1.82) is 0 Å². The Hall–Kier alpha value is -4.03. The highest BCUT2D eigenvalue weighted by Gasteiger charge is 2.37. The molecule has 216 valence electrons. The molecule has 0 saturated carbocycles. The van der Waals surface area contributed by atoms with Gasteiger partial charge in [0.05, 0.1) is 43.9 Å². The van der Waals surface area contributed by atoms with E-state index in [2.05, 4.69) is 32.9 Å². The molecule has 39 heavy (non-hydrogen) atoms. The molecule has 1 atom stereocenters. The standard InChI is InChI=1S/C27H36O12/c1-6-21(29)35-13-11-26(15-28,18-37-23(31)8-3)16-34-17-27(19-38-24(32)9-4,20-39-25(33)10-5)12-14-36-22(30)7-2/h6-10,28H,1-5,11-20H2. The summed E-state index contributed by atoms with van der Waals surface area (Å²) in [5.41, 5.74) is -2.45. The van der Waals surface area contributed by atoms with Gasteiger partial charge in [0.2, 0.25) is 0 Å². The van der Waals surface area contributed by atoms with Gasteiger partial charge in [0.25, 0.3) is 0 Å². The molecule has 1 N–H and O–H groups in total. The molecule has 12 heteroatoms. The lowest BCUT2D eigenvalue weighted by molar-refractivity contribution is -0.160. The summed E-state index contributed by atoms with van der Waals surface area (Å²) < 4.78 is 31.5. The first-order valence-corrected chi connectivity index (χ1v) is 11.7. The Balaban J connectivity index is 5.90. The van der Waals surface area contributed by atoms with E-state index in [-0.39, 0.29) is 59.1 Å². The third-order valence-electron chi connectivity index (χ3n) is 5.30. The van der Waals surface area contributed by atoms with Crippen LogP contribution in [0.5, 0.6) is 0 Å².